The molecule has 0 heterocycles. The number of hydrogen-bond donors (Lipinski definition) is 1. The summed E-state index contributed by atoms with van der Waals surface area (Å²) in [6.07, 6.45) is 0.187. The van der Waals surface area contributed by atoms with Gasteiger partial charge in [-0.15, -0.1) is 11.8 Å². The molecule has 1 unspecified atom stereocenters. The minimum atomic E-state index is -0.753. The molecule has 0 radical (unpaired) electrons. The first-order chi connectivity index (χ1) is 6.59. The molecule has 4 heteroatoms. The van der Waals surface area contributed by atoms with Gasteiger partial charge in [0.15, 0.2) is 0 Å². The van der Waals surface area contributed by atoms with Crippen molar-refractivity contribution in [3.63, 3.8) is 0 Å². The summed E-state index contributed by atoms with van der Waals surface area (Å²) in [6, 6.07) is 7.82. The first-order valence-electron chi connectivity index (χ1n) is 4.22. The van der Waals surface area contributed by atoms with E-state index < -0.39 is 5.97 Å². The smallest absolute Gasteiger partial charge is 0.304 e. The van der Waals surface area contributed by atoms with Crippen LogP contribution < -0.4 is 0 Å². The molecule has 0 spiro atoms. The quantitative estimate of drug-likeness (QED) is 0.856. The SMILES string of the molecule is CC(CC(=O)O)Sc1ccccc1Br. The summed E-state index contributed by atoms with van der Waals surface area (Å²) in [5, 5.41) is 8.70. The monoisotopic (exact) mass is 274 g/mol. The van der Waals surface area contributed by atoms with Crippen LogP contribution in [0.25, 0.3) is 0 Å². The van der Waals surface area contributed by atoms with E-state index in [9.17, 15) is 4.79 Å². The Balaban J connectivity index is 2.60. The lowest BCUT2D eigenvalue weighted by Crippen LogP contribution is -2.05. The minimum Gasteiger partial charge on any atom is -0.481 e. The highest BCUT2D eigenvalue weighted by Crippen LogP contribution is 2.31. The molecular weight excluding hydrogens is 264 g/mol. The summed E-state index contributed by atoms with van der Waals surface area (Å²) < 4.78 is 1.02. The van der Waals surface area contributed by atoms with Crippen LogP contribution in [0.15, 0.2) is 33.6 Å². The normalized spacial score (nSPS) is 12.4. The van der Waals surface area contributed by atoms with Gasteiger partial charge in [0.1, 0.15) is 0 Å². The number of halogens is 1. The van der Waals surface area contributed by atoms with Crippen LogP contribution >= 0.6 is 27.7 Å². The molecule has 0 amide bonds. The van der Waals surface area contributed by atoms with Crippen molar-refractivity contribution >= 4 is 33.7 Å². The van der Waals surface area contributed by atoms with E-state index >= 15 is 0 Å². The third-order valence-corrected chi connectivity index (χ3v) is 3.76. The molecule has 0 aliphatic carbocycles. The molecule has 76 valence electrons. The second-order valence-electron chi connectivity index (χ2n) is 2.96. The second kappa shape index (κ2) is 5.41. The number of carbonyl (C=O) groups is 1. The van der Waals surface area contributed by atoms with Gasteiger partial charge in [-0.2, -0.15) is 0 Å². The molecule has 0 aromatic heterocycles. The number of benzene rings is 1. The summed E-state index contributed by atoms with van der Waals surface area (Å²) in [7, 11) is 0. The fourth-order valence-corrected chi connectivity index (χ4v) is 2.61. The van der Waals surface area contributed by atoms with Gasteiger partial charge in [-0.1, -0.05) is 19.1 Å². The molecule has 0 fully saturated rings. The Hall–Kier alpha value is -0.480. The average molecular weight is 275 g/mol. The molecule has 1 aromatic carbocycles. The molecule has 1 atom stereocenters. The molecule has 0 aliphatic rings. The van der Waals surface area contributed by atoms with Gasteiger partial charge in [-0.05, 0) is 28.1 Å². The van der Waals surface area contributed by atoms with E-state index in [0.29, 0.717) is 0 Å². The molecule has 0 bridgehead atoms. The maximum Gasteiger partial charge on any atom is 0.304 e. The van der Waals surface area contributed by atoms with Crippen LogP contribution in [0.3, 0.4) is 0 Å². The number of hydrogen-bond acceptors (Lipinski definition) is 2. The zero-order valence-electron chi connectivity index (χ0n) is 7.74. The van der Waals surface area contributed by atoms with E-state index in [1.165, 1.54) is 0 Å². The molecule has 14 heavy (non-hydrogen) atoms. The number of aliphatic carboxylic acids is 1. The lowest BCUT2D eigenvalue weighted by molar-refractivity contribution is -0.136. The van der Waals surface area contributed by atoms with Crippen molar-refractivity contribution in [3.8, 4) is 0 Å². The highest BCUT2D eigenvalue weighted by molar-refractivity contribution is 9.10. The number of rotatable bonds is 4. The van der Waals surface area contributed by atoms with Crippen LogP contribution in [-0.4, -0.2) is 16.3 Å². The van der Waals surface area contributed by atoms with Gasteiger partial charge in [-0.3, -0.25) is 4.79 Å². The Labute approximate surface area is 95.8 Å². The van der Waals surface area contributed by atoms with Gasteiger partial charge in [0.25, 0.3) is 0 Å². The zero-order chi connectivity index (χ0) is 10.6. The second-order valence-corrected chi connectivity index (χ2v) is 5.29. The average Bonchev–Trinajstić information content (AvgIpc) is 2.07. The lowest BCUT2D eigenvalue weighted by Gasteiger charge is -2.09. The molecular formula is C10H11BrO2S. The van der Waals surface area contributed by atoms with E-state index in [-0.39, 0.29) is 11.7 Å². The third kappa shape index (κ3) is 3.72. The van der Waals surface area contributed by atoms with Gasteiger partial charge in [0.2, 0.25) is 0 Å². The number of carboxylic acids is 1. The number of carboxylic acid groups (broad SMARTS) is 1. The molecule has 0 saturated carbocycles. The molecule has 1 N–H and O–H groups in total. The molecule has 1 aromatic rings. The minimum absolute atomic E-state index is 0.0891. The first-order valence-corrected chi connectivity index (χ1v) is 5.90. The largest absolute Gasteiger partial charge is 0.481 e. The molecule has 0 aliphatic heterocycles. The Bertz CT molecular complexity index is 328. The third-order valence-electron chi connectivity index (χ3n) is 1.63. The van der Waals surface area contributed by atoms with E-state index in [4.69, 9.17) is 5.11 Å². The van der Waals surface area contributed by atoms with Crippen LogP contribution in [0, 0.1) is 0 Å². The van der Waals surface area contributed by atoms with Crippen molar-refractivity contribution in [3.05, 3.63) is 28.7 Å². The van der Waals surface area contributed by atoms with E-state index in [1.807, 2.05) is 31.2 Å². The maximum atomic E-state index is 10.5. The molecule has 0 saturated heterocycles. The van der Waals surface area contributed by atoms with Gasteiger partial charge in [0, 0.05) is 14.6 Å². The van der Waals surface area contributed by atoms with Crippen LogP contribution in [0.4, 0.5) is 0 Å². The Morgan fingerprint density at radius 2 is 2.21 bits per heavy atom. The summed E-state index contributed by atoms with van der Waals surface area (Å²) in [4.78, 5) is 11.5. The Morgan fingerprint density at radius 1 is 1.57 bits per heavy atom. The summed E-state index contributed by atoms with van der Waals surface area (Å²) in [5.74, 6) is -0.753. The van der Waals surface area contributed by atoms with Crippen LogP contribution in [0.1, 0.15) is 13.3 Å². The van der Waals surface area contributed by atoms with Gasteiger partial charge >= 0.3 is 5.97 Å². The van der Waals surface area contributed by atoms with Crippen molar-refractivity contribution in [2.45, 2.75) is 23.5 Å². The van der Waals surface area contributed by atoms with Gasteiger partial charge in [0.05, 0.1) is 6.42 Å². The van der Waals surface area contributed by atoms with Crippen molar-refractivity contribution in [2.75, 3.05) is 0 Å². The van der Waals surface area contributed by atoms with E-state index in [2.05, 4.69) is 15.9 Å². The highest BCUT2D eigenvalue weighted by atomic mass is 79.9. The van der Waals surface area contributed by atoms with Crippen molar-refractivity contribution in [1.29, 1.82) is 0 Å². The lowest BCUT2D eigenvalue weighted by atomic mass is 10.3. The van der Waals surface area contributed by atoms with Crippen LogP contribution in [0.2, 0.25) is 0 Å². The zero-order valence-corrected chi connectivity index (χ0v) is 10.1. The van der Waals surface area contributed by atoms with Crippen molar-refractivity contribution in [2.24, 2.45) is 0 Å². The fourth-order valence-electron chi connectivity index (χ4n) is 1.04. The maximum absolute atomic E-state index is 10.5. The predicted molar refractivity (Wildman–Crippen MR) is 61.7 cm³/mol. The number of thioether (sulfide) groups is 1. The van der Waals surface area contributed by atoms with Crippen molar-refractivity contribution < 1.29 is 9.90 Å². The summed E-state index contributed by atoms with van der Waals surface area (Å²) in [6.45, 7) is 1.91. The Morgan fingerprint density at radius 3 is 2.79 bits per heavy atom. The van der Waals surface area contributed by atoms with Gasteiger partial charge in [-0.25, -0.2) is 0 Å². The van der Waals surface area contributed by atoms with E-state index in [0.717, 1.165) is 9.37 Å². The Kier molecular flexibility index (Phi) is 4.48. The topological polar surface area (TPSA) is 37.3 Å². The fraction of sp³-hybridized carbons (Fsp3) is 0.300. The van der Waals surface area contributed by atoms with Crippen molar-refractivity contribution in [1.82, 2.24) is 0 Å². The first kappa shape index (κ1) is 11.6. The van der Waals surface area contributed by atoms with E-state index in [1.54, 1.807) is 11.8 Å². The van der Waals surface area contributed by atoms with Gasteiger partial charge < -0.3 is 5.11 Å². The molecule has 2 nitrogen and oxygen atoms in total. The summed E-state index contributed by atoms with van der Waals surface area (Å²) in [5.41, 5.74) is 0. The standard InChI is InChI=1S/C10H11BrO2S/c1-7(6-10(12)13)14-9-5-3-2-4-8(9)11/h2-5,7H,6H2,1H3,(H,12,13). The highest BCUT2D eigenvalue weighted by Gasteiger charge is 2.10. The predicted octanol–water partition coefficient (Wildman–Crippen LogP) is 3.40. The summed E-state index contributed by atoms with van der Waals surface area (Å²) >= 11 is 4.99. The van der Waals surface area contributed by atoms with Crippen LogP contribution in [0.5, 0.6) is 0 Å². The van der Waals surface area contributed by atoms with Crippen LogP contribution in [-0.2, 0) is 4.79 Å². The molecule has 1 rings (SSSR count).